The van der Waals surface area contributed by atoms with E-state index in [-0.39, 0.29) is 12.0 Å². The third kappa shape index (κ3) is 4.31. The molecule has 29 heavy (non-hydrogen) atoms. The molecule has 5 heteroatoms. The van der Waals surface area contributed by atoms with Gasteiger partial charge in [-0.05, 0) is 61.8 Å². The Labute approximate surface area is 174 Å². The van der Waals surface area contributed by atoms with E-state index in [0.29, 0.717) is 5.91 Å². The summed E-state index contributed by atoms with van der Waals surface area (Å²) in [4.78, 5) is 17.5. The zero-order chi connectivity index (χ0) is 19.6. The molecule has 3 aliphatic heterocycles. The molecule has 0 aromatic heterocycles. The number of rotatable bonds is 4. The first-order valence-electron chi connectivity index (χ1n) is 11.7. The number of hydrogen-bond donors (Lipinski definition) is 0. The number of hydrogen-bond acceptors (Lipinski definition) is 4. The highest BCUT2D eigenvalue weighted by Gasteiger charge is 2.33. The lowest BCUT2D eigenvalue weighted by molar-refractivity contribution is -0.137. The van der Waals surface area contributed by atoms with Crippen LogP contribution >= 0.6 is 0 Å². The predicted octanol–water partition coefficient (Wildman–Crippen LogP) is 3.05. The smallest absolute Gasteiger partial charge is 0.225 e. The van der Waals surface area contributed by atoms with Gasteiger partial charge in [-0.25, -0.2) is 0 Å². The summed E-state index contributed by atoms with van der Waals surface area (Å²) in [7, 11) is 0. The Kier molecular flexibility index (Phi) is 5.78. The van der Waals surface area contributed by atoms with Crippen LogP contribution < -0.4 is 4.74 Å². The second-order valence-electron chi connectivity index (χ2n) is 9.25. The maximum atomic E-state index is 12.8. The molecule has 1 aromatic carbocycles. The lowest BCUT2D eigenvalue weighted by atomic mass is 9.91. The summed E-state index contributed by atoms with van der Waals surface area (Å²) in [6, 6.07) is 7.51. The van der Waals surface area contributed by atoms with Crippen LogP contribution in [0.5, 0.6) is 5.75 Å². The summed E-state index contributed by atoms with van der Waals surface area (Å²) in [6.07, 6.45) is 9.24. The molecule has 158 valence electrons. The monoisotopic (exact) mass is 398 g/mol. The molecule has 0 unspecified atom stereocenters. The van der Waals surface area contributed by atoms with Crippen LogP contribution in [0.15, 0.2) is 18.2 Å². The van der Waals surface area contributed by atoms with Gasteiger partial charge in [-0.1, -0.05) is 12.5 Å². The van der Waals surface area contributed by atoms with Gasteiger partial charge in [0, 0.05) is 51.2 Å². The molecule has 0 bridgehead atoms. The number of benzene rings is 1. The lowest BCUT2D eigenvalue weighted by Crippen LogP contribution is -2.41. The van der Waals surface area contributed by atoms with Gasteiger partial charge in [0.25, 0.3) is 0 Å². The number of carbonyl (C=O) groups is 1. The molecule has 1 aromatic rings. The van der Waals surface area contributed by atoms with Gasteiger partial charge in [-0.15, -0.1) is 0 Å². The molecule has 0 spiro atoms. The molecular weight excluding hydrogens is 364 g/mol. The van der Waals surface area contributed by atoms with Crippen molar-refractivity contribution in [3.63, 3.8) is 0 Å². The molecule has 0 radical (unpaired) electrons. The van der Waals surface area contributed by atoms with Crippen molar-refractivity contribution >= 4 is 5.91 Å². The molecule has 1 aliphatic carbocycles. The van der Waals surface area contributed by atoms with Crippen molar-refractivity contribution in [2.45, 2.75) is 63.5 Å². The van der Waals surface area contributed by atoms with E-state index in [1.54, 1.807) is 0 Å². The van der Waals surface area contributed by atoms with E-state index in [2.05, 4.69) is 23.1 Å². The average Bonchev–Trinajstić information content (AvgIpc) is 3.08. The molecule has 5 rings (SSSR count). The summed E-state index contributed by atoms with van der Waals surface area (Å²) in [6.45, 7) is 5.36. The SMILES string of the molecule is O=C(C1CCOCC1)N1CC[C@H](Oc2ccc3c(c2)CCN(C2CCC2)CC3)C1. The summed E-state index contributed by atoms with van der Waals surface area (Å²) in [5.74, 6) is 1.43. The maximum Gasteiger partial charge on any atom is 0.225 e. The van der Waals surface area contributed by atoms with Crippen LogP contribution in [0.25, 0.3) is 0 Å². The second-order valence-corrected chi connectivity index (χ2v) is 9.25. The normalized spacial score (nSPS) is 26.6. The molecule has 1 amide bonds. The third-order valence-corrected chi connectivity index (χ3v) is 7.44. The third-order valence-electron chi connectivity index (χ3n) is 7.44. The Bertz CT molecular complexity index is 727. The van der Waals surface area contributed by atoms with E-state index in [0.717, 1.165) is 70.2 Å². The number of amides is 1. The zero-order valence-electron chi connectivity index (χ0n) is 17.5. The topological polar surface area (TPSA) is 42.0 Å². The molecule has 2 saturated heterocycles. The minimum absolute atomic E-state index is 0.120. The molecule has 4 aliphatic rings. The molecule has 0 N–H and O–H groups in total. The summed E-state index contributed by atoms with van der Waals surface area (Å²) >= 11 is 0. The number of nitrogens with zero attached hydrogens (tertiary/aromatic N) is 2. The minimum Gasteiger partial charge on any atom is -0.489 e. The summed E-state index contributed by atoms with van der Waals surface area (Å²) in [5, 5.41) is 0. The summed E-state index contributed by atoms with van der Waals surface area (Å²) < 4.78 is 11.7. The molecule has 1 atom stereocenters. The van der Waals surface area contributed by atoms with Crippen molar-refractivity contribution in [1.29, 1.82) is 0 Å². The van der Waals surface area contributed by atoms with Gasteiger partial charge >= 0.3 is 0 Å². The first-order chi connectivity index (χ1) is 14.3. The minimum atomic E-state index is 0.120. The van der Waals surface area contributed by atoms with Gasteiger partial charge in [0.15, 0.2) is 0 Å². The van der Waals surface area contributed by atoms with E-state index in [4.69, 9.17) is 9.47 Å². The van der Waals surface area contributed by atoms with Crippen LogP contribution in [0.1, 0.15) is 49.7 Å². The number of ether oxygens (including phenoxy) is 2. The van der Waals surface area contributed by atoms with Crippen LogP contribution in [0, 0.1) is 5.92 Å². The van der Waals surface area contributed by atoms with Crippen LogP contribution in [0.3, 0.4) is 0 Å². The van der Waals surface area contributed by atoms with Gasteiger partial charge in [0.1, 0.15) is 11.9 Å². The predicted molar refractivity (Wildman–Crippen MR) is 112 cm³/mol. The van der Waals surface area contributed by atoms with Gasteiger partial charge in [-0.3, -0.25) is 9.69 Å². The van der Waals surface area contributed by atoms with E-state index in [1.807, 2.05) is 4.90 Å². The van der Waals surface area contributed by atoms with E-state index in [1.165, 1.54) is 43.5 Å². The fourth-order valence-corrected chi connectivity index (χ4v) is 5.33. The largest absolute Gasteiger partial charge is 0.489 e. The van der Waals surface area contributed by atoms with E-state index < -0.39 is 0 Å². The second kappa shape index (κ2) is 8.65. The van der Waals surface area contributed by atoms with Gasteiger partial charge in [0.05, 0.1) is 6.54 Å². The standard InChI is InChI=1S/C24H34N2O3/c27-24(19-9-14-28-15-10-19)26-13-8-23(17-26)29-22-5-4-18-6-11-25(21-2-1-3-21)12-7-20(18)16-22/h4-5,16,19,21,23H,1-3,6-15,17H2/t23-/m0/s1. The zero-order valence-corrected chi connectivity index (χ0v) is 17.5. The average molecular weight is 399 g/mol. The fourth-order valence-electron chi connectivity index (χ4n) is 5.33. The Balaban J connectivity index is 1.17. The maximum absolute atomic E-state index is 12.8. The fraction of sp³-hybridized carbons (Fsp3) is 0.708. The van der Waals surface area contributed by atoms with Crippen LogP contribution in [0.2, 0.25) is 0 Å². The Morgan fingerprint density at radius 1 is 0.966 bits per heavy atom. The highest BCUT2D eigenvalue weighted by Crippen LogP contribution is 2.29. The van der Waals surface area contributed by atoms with Crippen LogP contribution in [0.4, 0.5) is 0 Å². The van der Waals surface area contributed by atoms with Gasteiger partial charge < -0.3 is 14.4 Å². The number of likely N-dealkylation sites (tertiary alicyclic amines) is 1. The first kappa shape index (κ1) is 19.4. The highest BCUT2D eigenvalue weighted by molar-refractivity contribution is 5.79. The van der Waals surface area contributed by atoms with E-state index >= 15 is 0 Å². The lowest BCUT2D eigenvalue weighted by Gasteiger charge is -2.36. The Morgan fingerprint density at radius 3 is 2.52 bits per heavy atom. The van der Waals surface area contributed by atoms with Crippen molar-refractivity contribution < 1.29 is 14.3 Å². The summed E-state index contributed by atoms with van der Waals surface area (Å²) in [5.41, 5.74) is 2.94. The van der Waals surface area contributed by atoms with Crippen LogP contribution in [-0.2, 0) is 22.4 Å². The quantitative estimate of drug-likeness (QED) is 0.782. The van der Waals surface area contributed by atoms with Gasteiger partial charge in [0.2, 0.25) is 5.91 Å². The molecular formula is C24H34N2O3. The number of fused-ring (bicyclic) bond motifs is 1. The van der Waals surface area contributed by atoms with Crippen molar-refractivity contribution in [3.05, 3.63) is 29.3 Å². The molecule has 1 saturated carbocycles. The molecule has 3 fully saturated rings. The first-order valence-corrected chi connectivity index (χ1v) is 11.7. The van der Waals surface area contributed by atoms with Gasteiger partial charge in [-0.2, -0.15) is 0 Å². The van der Waals surface area contributed by atoms with E-state index in [9.17, 15) is 4.79 Å². The molecule has 3 heterocycles. The Hall–Kier alpha value is -1.59. The molecule has 5 nitrogen and oxygen atoms in total. The van der Waals surface area contributed by atoms with Crippen molar-refractivity contribution in [3.8, 4) is 5.75 Å². The Morgan fingerprint density at radius 2 is 1.76 bits per heavy atom. The number of carbonyl (C=O) groups excluding carboxylic acids is 1. The van der Waals surface area contributed by atoms with Crippen molar-refractivity contribution in [1.82, 2.24) is 9.80 Å². The van der Waals surface area contributed by atoms with Crippen molar-refractivity contribution in [2.75, 3.05) is 39.4 Å². The van der Waals surface area contributed by atoms with Crippen molar-refractivity contribution in [2.24, 2.45) is 5.92 Å². The van der Waals surface area contributed by atoms with Crippen LogP contribution in [-0.4, -0.2) is 67.2 Å². The highest BCUT2D eigenvalue weighted by atomic mass is 16.5.